The van der Waals surface area contributed by atoms with Crippen LogP contribution in [0.1, 0.15) is 35.1 Å². The van der Waals surface area contributed by atoms with Crippen molar-refractivity contribution in [2.45, 2.75) is 32.1 Å². The van der Waals surface area contributed by atoms with Gasteiger partial charge < -0.3 is 9.84 Å². The molecule has 160 valence electrons. The summed E-state index contributed by atoms with van der Waals surface area (Å²) in [6, 6.07) is 12.9. The third kappa shape index (κ3) is 3.98. The zero-order valence-corrected chi connectivity index (χ0v) is 18.4. The lowest BCUT2D eigenvalue weighted by molar-refractivity contribution is -0.114. The summed E-state index contributed by atoms with van der Waals surface area (Å²) in [6.45, 7) is 5.36. The molecule has 1 aromatic heterocycles. The van der Waals surface area contributed by atoms with Crippen LogP contribution in [0.15, 0.2) is 51.9 Å². The topological polar surface area (TPSA) is 92.5 Å². The fourth-order valence-corrected chi connectivity index (χ4v) is 5.44. The number of hydrogen-bond donors (Lipinski definition) is 1. The Hall–Kier alpha value is -3.39. The van der Waals surface area contributed by atoms with E-state index in [-0.39, 0.29) is 10.8 Å². The largest absolute Gasteiger partial charge is 0.354 e. The van der Waals surface area contributed by atoms with Gasteiger partial charge in [0.15, 0.2) is 5.76 Å². The SMILES string of the molecule is CC(=O)Nc1c(C)noc1/C=C\c1ccc(C)c(S(=O)(=O)N2CCc3ccccc32)c1. The molecule has 0 spiro atoms. The molecule has 1 aliphatic heterocycles. The van der Waals surface area contributed by atoms with Crippen LogP contribution in [0, 0.1) is 13.8 Å². The zero-order chi connectivity index (χ0) is 22.2. The van der Waals surface area contributed by atoms with Gasteiger partial charge in [0, 0.05) is 13.5 Å². The van der Waals surface area contributed by atoms with Crippen molar-refractivity contribution in [1.82, 2.24) is 5.16 Å². The molecule has 0 radical (unpaired) electrons. The van der Waals surface area contributed by atoms with E-state index in [1.807, 2.05) is 30.3 Å². The fraction of sp³-hybridized carbons (Fsp3) is 0.217. The highest BCUT2D eigenvalue weighted by Crippen LogP contribution is 2.34. The Balaban J connectivity index is 1.67. The highest BCUT2D eigenvalue weighted by Gasteiger charge is 2.31. The number of amides is 1. The normalized spacial score (nSPS) is 13.6. The summed E-state index contributed by atoms with van der Waals surface area (Å²) in [7, 11) is -3.70. The summed E-state index contributed by atoms with van der Waals surface area (Å²) in [4.78, 5) is 11.7. The van der Waals surface area contributed by atoms with Gasteiger partial charge in [-0.15, -0.1) is 0 Å². The summed E-state index contributed by atoms with van der Waals surface area (Å²) < 4.78 is 33.7. The van der Waals surface area contributed by atoms with Crippen molar-refractivity contribution >= 4 is 39.5 Å². The van der Waals surface area contributed by atoms with E-state index in [9.17, 15) is 13.2 Å². The smallest absolute Gasteiger partial charge is 0.264 e. The number of hydrogen-bond acceptors (Lipinski definition) is 5. The number of sulfonamides is 1. The van der Waals surface area contributed by atoms with Gasteiger partial charge in [0.05, 0.1) is 10.6 Å². The lowest BCUT2D eigenvalue weighted by atomic mass is 10.1. The van der Waals surface area contributed by atoms with Crippen LogP contribution < -0.4 is 9.62 Å². The minimum Gasteiger partial charge on any atom is -0.354 e. The fourth-order valence-electron chi connectivity index (χ4n) is 3.68. The maximum absolute atomic E-state index is 13.4. The second kappa shape index (κ2) is 8.03. The van der Waals surface area contributed by atoms with Crippen LogP contribution in [0.5, 0.6) is 0 Å². The number of fused-ring (bicyclic) bond motifs is 1. The van der Waals surface area contributed by atoms with Crippen LogP contribution in [0.4, 0.5) is 11.4 Å². The van der Waals surface area contributed by atoms with Gasteiger partial charge in [0.2, 0.25) is 5.91 Å². The first-order valence-corrected chi connectivity index (χ1v) is 11.3. The summed E-state index contributed by atoms with van der Waals surface area (Å²) in [6.07, 6.45) is 4.10. The van der Waals surface area contributed by atoms with Crippen LogP contribution in [0.2, 0.25) is 0 Å². The minimum absolute atomic E-state index is 0.226. The van der Waals surface area contributed by atoms with Crippen LogP contribution in [-0.4, -0.2) is 26.0 Å². The number of benzene rings is 2. The Bertz CT molecular complexity index is 1290. The van der Waals surface area contributed by atoms with E-state index in [1.165, 1.54) is 11.2 Å². The monoisotopic (exact) mass is 437 g/mol. The molecule has 1 N–H and O–H groups in total. The van der Waals surface area contributed by atoms with Crippen LogP contribution >= 0.6 is 0 Å². The first-order valence-electron chi connectivity index (χ1n) is 9.90. The predicted octanol–water partition coefficient (Wildman–Crippen LogP) is 4.17. The molecule has 0 unspecified atom stereocenters. The molecule has 1 aliphatic rings. The molecule has 0 aliphatic carbocycles. The number of carbonyl (C=O) groups excluding carboxylic acids is 1. The van der Waals surface area contributed by atoms with Gasteiger partial charge in [0.1, 0.15) is 11.4 Å². The van der Waals surface area contributed by atoms with E-state index in [4.69, 9.17) is 4.52 Å². The Labute approximate surface area is 181 Å². The van der Waals surface area contributed by atoms with Gasteiger partial charge in [-0.25, -0.2) is 8.42 Å². The van der Waals surface area contributed by atoms with E-state index in [0.717, 1.165) is 11.3 Å². The van der Waals surface area contributed by atoms with E-state index >= 15 is 0 Å². The molecule has 4 rings (SSSR count). The van der Waals surface area contributed by atoms with Crippen molar-refractivity contribution in [3.05, 3.63) is 70.6 Å². The molecule has 0 atom stereocenters. The molecular formula is C23H23N3O4S. The Morgan fingerprint density at radius 3 is 2.71 bits per heavy atom. The average Bonchev–Trinajstić information content (AvgIpc) is 3.31. The quantitative estimate of drug-likeness (QED) is 0.647. The number of carbonyl (C=O) groups is 1. The van der Waals surface area contributed by atoms with Gasteiger partial charge in [-0.3, -0.25) is 9.10 Å². The van der Waals surface area contributed by atoms with E-state index in [0.29, 0.717) is 41.2 Å². The molecule has 2 aromatic carbocycles. The first-order chi connectivity index (χ1) is 14.8. The predicted molar refractivity (Wildman–Crippen MR) is 120 cm³/mol. The van der Waals surface area contributed by atoms with Crippen LogP contribution in [0.25, 0.3) is 12.2 Å². The lowest BCUT2D eigenvalue weighted by Crippen LogP contribution is -2.29. The van der Waals surface area contributed by atoms with E-state index < -0.39 is 10.0 Å². The van der Waals surface area contributed by atoms with Crippen molar-refractivity contribution in [2.75, 3.05) is 16.2 Å². The van der Waals surface area contributed by atoms with Crippen LogP contribution in [0.3, 0.4) is 0 Å². The zero-order valence-electron chi connectivity index (χ0n) is 17.5. The van der Waals surface area contributed by atoms with Crippen molar-refractivity contribution in [3.8, 4) is 0 Å². The third-order valence-corrected chi connectivity index (χ3v) is 7.20. The molecule has 31 heavy (non-hydrogen) atoms. The number of para-hydroxylation sites is 1. The Morgan fingerprint density at radius 2 is 1.94 bits per heavy atom. The standard InChI is InChI=1S/C23H23N3O4S/c1-15-8-9-18(10-11-21-23(24-17(3)27)16(2)25-30-21)14-22(15)31(28,29)26-13-12-19-6-4-5-7-20(19)26/h4-11,14H,12-13H2,1-3H3,(H,24,27)/b11-10-. The molecule has 7 nitrogen and oxygen atoms in total. The number of nitrogens with one attached hydrogen (secondary N) is 1. The number of aromatic nitrogens is 1. The number of rotatable bonds is 5. The van der Waals surface area contributed by atoms with Gasteiger partial charge in [-0.1, -0.05) is 41.6 Å². The van der Waals surface area contributed by atoms with Gasteiger partial charge in [-0.2, -0.15) is 0 Å². The van der Waals surface area contributed by atoms with Crippen molar-refractivity contribution in [1.29, 1.82) is 0 Å². The van der Waals surface area contributed by atoms with Gasteiger partial charge in [-0.05, 0) is 55.2 Å². The molecule has 0 fully saturated rings. The highest BCUT2D eigenvalue weighted by molar-refractivity contribution is 7.93. The molecular weight excluding hydrogens is 414 g/mol. The highest BCUT2D eigenvalue weighted by atomic mass is 32.2. The third-order valence-electron chi connectivity index (χ3n) is 5.24. The van der Waals surface area contributed by atoms with E-state index in [2.05, 4.69) is 10.5 Å². The summed E-state index contributed by atoms with van der Waals surface area (Å²) in [5.41, 5.74) is 4.20. The maximum atomic E-state index is 13.4. The molecule has 0 saturated carbocycles. The van der Waals surface area contributed by atoms with E-state index in [1.54, 1.807) is 38.1 Å². The number of nitrogens with zero attached hydrogens (tertiary/aromatic N) is 2. The molecule has 3 aromatic rings. The lowest BCUT2D eigenvalue weighted by Gasteiger charge is -2.21. The summed E-state index contributed by atoms with van der Waals surface area (Å²) >= 11 is 0. The number of anilines is 2. The molecule has 1 amide bonds. The second-order valence-corrected chi connectivity index (χ2v) is 9.33. The average molecular weight is 438 g/mol. The molecule has 0 saturated heterocycles. The Morgan fingerprint density at radius 1 is 1.16 bits per heavy atom. The Kier molecular flexibility index (Phi) is 5.41. The molecule has 2 heterocycles. The van der Waals surface area contributed by atoms with Crippen molar-refractivity contribution < 1.29 is 17.7 Å². The first kappa shape index (κ1) is 20.9. The summed E-state index contributed by atoms with van der Waals surface area (Å²) in [5, 5.41) is 6.58. The summed E-state index contributed by atoms with van der Waals surface area (Å²) in [5.74, 6) is 0.168. The van der Waals surface area contributed by atoms with Crippen molar-refractivity contribution in [2.24, 2.45) is 0 Å². The van der Waals surface area contributed by atoms with Crippen LogP contribution in [-0.2, 0) is 21.2 Å². The number of aryl methyl sites for hydroxylation is 2. The maximum Gasteiger partial charge on any atom is 0.264 e. The van der Waals surface area contributed by atoms with Gasteiger partial charge >= 0.3 is 0 Å². The van der Waals surface area contributed by atoms with Gasteiger partial charge in [0.25, 0.3) is 10.0 Å². The molecule has 8 heteroatoms. The second-order valence-electron chi connectivity index (χ2n) is 7.50. The van der Waals surface area contributed by atoms with Crippen molar-refractivity contribution in [3.63, 3.8) is 0 Å². The minimum atomic E-state index is -3.70. The molecule has 0 bridgehead atoms.